The van der Waals surface area contributed by atoms with Crippen molar-refractivity contribution in [2.24, 2.45) is 0 Å². The number of nitrogens with one attached hydrogen (secondary N) is 2. The fourth-order valence-corrected chi connectivity index (χ4v) is 1.94. The van der Waals surface area contributed by atoms with Crippen LogP contribution in [-0.4, -0.2) is 22.1 Å². The zero-order valence-corrected chi connectivity index (χ0v) is 8.83. The summed E-state index contributed by atoms with van der Waals surface area (Å²) >= 11 is 0. The van der Waals surface area contributed by atoms with Gasteiger partial charge in [0, 0.05) is 12.6 Å². The Balaban J connectivity index is 2.17. The van der Waals surface area contributed by atoms with E-state index in [0.717, 1.165) is 32.0 Å². The summed E-state index contributed by atoms with van der Waals surface area (Å²) in [4.78, 5) is 24.1. The van der Waals surface area contributed by atoms with Gasteiger partial charge in [-0.3, -0.25) is 14.3 Å². The number of aromatic amines is 1. The molecule has 1 aromatic rings. The maximum atomic E-state index is 13.0. The minimum absolute atomic E-state index is 0.178. The molecular weight excluding hydrogens is 213 g/mol. The van der Waals surface area contributed by atoms with E-state index in [1.807, 2.05) is 4.98 Å². The third-order valence-corrected chi connectivity index (χ3v) is 2.80. The van der Waals surface area contributed by atoms with Gasteiger partial charge >= 0.3 is 5.69 Å². The first-order chi connectivity index (χ1) is 7.66. The molecule has 5 nitrogen and oxygen atoms in total. The molecule has 0 radical (unpaired) electrons. The fraction of sp³-hybridized carbons (Fsp3) is 0.600. The first-order valence-corrected chi connectivity index (χ1v) is 5.39. The Kier molecular flexibility index (Phi) is 3.19. The molecule has 1 unspecified atom stereocenters. The van der Waals surface area contributed by atoms with E-state index in [-0.39, 0.29) is 6.04 Å². The zero-order valence-electron chi connectivity index (χ0n) is 8.83. The van der Waals surface area contributed by atoms with Gasteiger partial charge in [0.25, 0.3) is 5.56 Å². The summed E-state index contributed by atoms with van der Waals surface area (Å²) in [5.41, 5.74) is -1.52. The van der Waals surface area contributed by atoms with Crippen molar-refractivity contribution in [1.82, 2.24) is 14.9 Å². The molecule has 0 bridgehead atoms. The van der Waals surface area contributed by atoms with Crippen molar-refractivity contribution in [3.8, 4) is 0 Å². The average molecular weight is 227 g/mol. The van der Waals surface area contributed by atoms with Crippen LogP contribution in [0.2, 0.25) is 0 Å². The van der Waals surface area contributed by atoms with Gasteiger partial charge in [-0.15, -0.1) is 0 Å². The highest BCUT2D eigenvalue weighted by atomic mass is 19.1. The molecule has 1 aliphatic heterocycles. The van der Waals surface area contributed by atoms with Crippen molar-refractivity contribution >= 4 is 0 Å². The normalized spacial score (nSPS) is 20.9. The topological polar surface area (TPSA) is 66.9 Å². The molecule has 1 aromatic heterocycles. The van der Waals surface area contributed by atoms with Crippen LogP contribution in [0.15, 0.2) is 15.8 Å². The van der Waals surface area contributed by atoms with Gasteiger partial charge in [0.05, 0.1) is 6.20 Å². The third kappa shape index (κ3) is 2.38. The molecule has 1 saturated heterocycles. The molecule has 0 saturated carbocycles. The first-order valence-electron chi connectivity index (χ1n) is 5.39. The Morgan fingerprint density at radius 1 is 1.44 bits per heavy atom. The van der Waals surface area contributed by atoms with Crippen LogP contribution in [-0.2, 0) is 6.54 Å². The van der Waals surface area contributed by atoms with Crippen molar-refractivity contribution in [3.63, 3.8) is 0 Å². The SMILES string of the molecule is O=c1[nH]c(=O)n(CC2CCCCN2)cc1F. The summed E-state index contributed by atoms with van der Waals surface area (Å²) in [5.74, 6) is -0.921. The van der Waals surface area contributed by atoms with Crippen molar-refractivity contribution in [1.29, 1.82) is 0 Å². The van der Waals surface area contributed by atoms with Gasteiger partial charge in [-0.1, -0.05) is 6.42 Å². The number of hydrogen-bond acceptors (Lipinski definition) is 3. The number of nitrogens with zero attached hydrogens (tertiary/aromatic N) is 1. The lowest BCUT2D eigenvalue weighted by Crippen LogP contribution is -2.41. The standard InChI is InChI=1S/C10H14FN3O2/c11-8-6-14(10(16)13-9(8)15)5-7-3-1-2-4-12-7/h6-7,12H,1-5H2,(H,13,15,16). The van der Waals surface area contributed by atoms with E-state index < -0.39 is 17.1 Å². The van der Waals surface area contributed by atoms with Gasteiger partial charge in [-0.25, -0.2) is 4.79 Å². The van der Waals surface area contributed by atoms with Crippen LogP contribution < -0.4 is 16.6 Å². The molecular formula is C10H14FN3O2. The van der Waals surface area contributed by atoms with Crippen molar-refractivity contribution in [2.75, 3.05) is 6.54 Å². The van der Waals surface area contributed by atoms with Crippen LogP contribution in [0.3, 0.4) is 0 Å². The number of H-pyrrole nitrogens is 1. The Hall–Kier alpha value is -1.43. The third-order valence-electron chi connectivity index (χ3n) is 2.80. The number of aromatic nitrogens is 2. The number of hydrogen-bond donors (Lipinski definition) is 2. The second-order valence-electron chi connectivity index (χ2n) is 4.04. The average Bonchev–Trinajstić information content (AvgIpc) is 2.27. The molecule has 6 heteroatoms. The minimum Gasteiger partial charge on any atom is -0.312 e. The maximum absolute atomic E-state index is 13.0. The van der Waals surface area contributed by atoms with Crippen molar-refractivity contribution < 1.29 is 4.39 Å². The molecule has 16 heavy (non-hydrogen) atoms. The van der Waals surface area contributed by atoms with E-state index in [9.17, 15) is 14.0 Å². The molecule has 2 N–H and O–H groups in total. The van der Waals surface area contributed by atoms with Crippen molar-refractivity contribution in [2.45, 2.75) is 31.8 Å². The number of piperidine rings is 1. The predicted octanol–water partition coefficient (Wildman–Crippen LogP) is -0.182. The first kappa shape index (κ1) is 11.1. The van der Waals surface area contributed by atoms with Crippen molar-refractivity contribution in [3.05, 3.63) is 32.9 Å². The Labute approximate surface area is 91.3 Å². The van der Waals surface area contributed by atoms with Gasteiger partial charge in [-0.05, 0) is 19.4 Å². The van der Waals surface area contributed by atoms with Gasteiger partial charge < -0.3 is 5.32 Å². The second kappa shape index (κ2) is 4.61. The minimum atomic E-state index is -0.960. The van der Waals surface area contributed by atoms with E-state index in [1.165, 1.54) is 4.57 Å². The van der Waals surface area contributed by atoms with Crippen LogP contribution >= 0.6 is 0 Å². The smallest absolute Gasteiger partial charge is 0.312 e. The van der Waals surface area contributed by atoms with E-state index in [1.54, 1.807) is 0 Å². The molecule has 88 valence electrons. The lowest BCUT2D eigenvalue weighted by Gasteiger charge is -2.23. The predicted molar refractivity (Wildman–Crippen MR) is 56.9 cm³/mol. The van der Waals surface area contributed by atoms with E-state index in [2.05, 4.69) is 5.32 Å². The summed E-state index contributed by atoms with van der Waals surface area (Å²) in [6, 6.07) is 0.178. The summed E-state index contributed by atoms with van der Waals surface area (Å²) in [6.07, 6.45) is 4.17. The number of halogens is 1. The van der Waals surface area contributed by atoms with Gasteiger partial charge in [-0.2, -0.15) is 4.39 Å². The van der Waals surface area contributed by atoms with E-state index in [0.29, 0.717) is 6.54 Å². The highest BCUT2D eigenvalue weighted by Gasteiger charge is 2.14. The zero-order chi connectivity index (χ0) is 11.5. The van der Waals surface area contributed by atoms with Gasteiger partial charge in [0.2, 0.25) is 5.82 Å². The molecule has 0 amide bonds. The molecule has 2 rings (SSSR count). The molecule has 0 spiro atoms. The monoisotopic (exact) mass is 227 g/mol. The summed E-state index contributed by atoms with van der Waals surface area (Å²) < 4.78 is 14.2. The molecule has 1 aliphatic rings. The summed E-state index contributed by atoms with van der Waals surface area (Å²) in [6.45, 7) is 1.32. The highest BCUT2D eigenvalue weighted by Crippen LogP contribution is 2.07. The van der Waals surface area contributed by atoms with Crippen LogP contribution in [0.1, 0.15) is 19.3 Å². The molecule has 1 fully saturated rings. The Morgan fingerprint density at radius 2 is 2.25 bits per heavy atom. The largest absolute Gasteiger partial charge is 0.328 e. The summed E-state index contributed by atoms with van der Waals surface area (Å²) in [7, 11) is 0. The van der Waals surface area contributed by atoms with Gasteiger partial charge in [0.1, 0.15) is 0 Å². The van der Waals surface area contributed by atoms with E-state index in [4.69, 9.17) is 0 Å². The fourth-order valence-electron chi connectivity index (χ4n) is 1.94. The maximum Gasteiger partial charge on any atom is 0.328 e. The van der Waals surface area contributed by atoms with Crippen LogP contribution in [0.25, 0.3) is 0 Å². The molecule has 1 atom stereocenters. The Morgan fingerprint density at radius 3 is 2.94 bits per heavy atom. The van der Waals surface area contributed by atoms with E-state index >= 15 is 0 Å². The van der Waals surface area contributed by atoms with Gasteiger partial charge in [0.15, 0.2) is 0 Å². The lowest BCUT2D eigenvalue weighted by atomic mass is 10.1. The lowest BCUT2D eigenvalue weighted by molar-refractivity contribution is 0.354. The highest BCUT2D eigenvalue weighted by molar-refractivity contribution is 4.88. The molecule has 2 heterocycles. The summed E-state index contributed by atoms with van der Waals surface area (Å²) in [5, 5.41) is 3.25. The molecule has 0 aromatic carbocycles. The van der Waals surface area contributed by atoms with Crippen LogP contribution in [0, 0.1) is 5.82 Å². The van der Waals surface area contributed by atoms with Crippen LogP contribution in [0.5, 0.6) is 0 Å². The Bertz CT molecular complexity index is 474. The van der Waals surface area contributed by atoms with Crippen LogP contribution in [0.4, 0.5) is 4.39 Å². The molecule has 0 aliphatic carbocycles. The second-order valence-corrected chi connectivity index (χ2v) is 4.04. The quantitative estimate of drug-likeness (QED) is 0.736. The number of rotatable bonds is 2.